The number of Topliss-reactive ketones (excluding diaryl/α,β-unsaturated/α-hetero) is 1. The van der Waals surface area contributed by atoms with E-state index in [-0.39, 0.29) is 23.1 Å². The molecule has 0 amide bonds. The summed E-state index contributed by atoms with van der Waals surface area (Å²) in [6.45, 7) is 0. The molecule has 0 aliphatic carbocycles. The van der Waals surface area contributed by atoms with Crippen molar-refractivity contribution in [2.24, 2.45) is 0 Å². The number of hydrogen-bond donors (Lipinski definition) is 4. The quantitative estimate of drug-likeness (QED) is 0.319. The van der Waals surface area contributed by atoms with Crippen molar-refractivity contribution in [2.45, 2.75) is 0 Å². The van der Waals surface area contributed by atoms with Crippen LogP contribution in [0.5, 0.6) is 5.75 Å². The molecular formula is C19H13N3O5. The number of aromatic amines is 1. The van der Waals surface area contributed by atoms with Gasteiger partial charge in [-0.2, -0.15) is 0 Å². The summed E-state index contributed by atoms with van der Waals surface area (Å²) in [6, 6.07) is 9.79. The van der Waals surface area contributed by atoms with Gasteiger partial charge in [0.2, 0.25) is 11.7 Å². The zero-order valence-corrected chi connectivity index (χ0v) is 13.8. The van der Waals surface area contributed by atoms with Crippen LogP contribution in [-0.4, -0.2) is 31.9 Å². The topological polar surface area (TPSA) is 125 Å². The molecule has 4 N–H and O–H groups in total. The summed E-state index contributed by atoms with van der Waals surface area (Å²) in [5, 5.41) is 22.7. The standard InChI is InChI=1S/C19H13N3O5/c23-13-6-2-1-5-12(13)22-18-15(19(25)26)16(24)14(27-18)8-10-9-21-17-11(10)4-3-7-20-17/h1-9,22-23H,(H,20,21)(H,25,26). The Morgan fingerprint density at radius 1 is 1.22 bits per heavy atom. The fourth-order valence-corrected chi connectivity index (χ4v) is 2.75. The number of aliphatic carboxylic acids is 1. The van der Waals surface area contributed by atoms with Gasteiger partial charge >= 0.3 is 5.97 Å². The van der Waals surface area contributed by atoms with Crippen LogP contribution in [0.4, 0.5) is 5.69 Å². The van der Waals surface area contributed by atoms with E-state index in [1.54, 1.807) is 30.6 Å². The lowest BCUT2D eigenvalue weighted by Crippen LogP contribution is -2.12. The minimum atomic E-state index is -1.43. The Labute approximate surface area is 152 Å². The molecule has 0 fully saturated rings. The monoisotopic (exact) mass is 363 g/mol. The molecule has 0 saturated heterocycles. The van der Waals surface area contributed by atoms with Crippen molar-refractivity contribution in [3.05, 3.63) is 71.6 Å². The van der Waals surface area contributed by atoms with Crippen molar-refractivity contribution >= 4 is 34.5 Å². The van der Waals surface area contributed by atoms with E-state index in [0.717, 1.165) is 5.39 Å². The van der Waals surface area contributed by atoms with Crippen molar-refractivity contribution in [2.75, 3.05) is 5.32 Å². The van der Waals surface area contributed by atoms with Crippen LogP contribution in [0.15, 0.2) is 66.0 Å². The number of carboxylic acid groups (broad SMARTS) is 1. The number of aromatic nitrogens is 2. The minimum absolute atomic E-state index is 0.106. The summed E-state index contributed by atoms with van der Waals surface area (Å²) in [7, 11) is 0. The summed E-state index contributed by atoms with van der Waals surface area (Å²) in [4.78, 5) is 31.2. The molecule has 3 heterocycles. The number of allylic oxidation sites excluding steroid dienone is 1. The van der Waals surface area contributed by atoms with Gasteiger partial charge in [-0.1, -0.05) is 12.1 Å². The van der Waals surface area contributed by atoms with Gasteiger partial charge in [0.1, 0.15) is 11.4 Å². The van der Waals surface area contributed by atoms with Gasteiger partial charge in [0.05, 0.1) is 5.69 Å². The Morgan fingerprint density at radius 2 is 2.04 bits per heavy atom. The normalized spacial score (nSPS) is 15.4. The maximum Gasteiger partial charge on any atom is 0.345 e. The van der Waals surface area contributed by atoms with Crippen molar-refractivity contribution in [3.8, 4) is 5.75 Å². The number of phenols is 1. The van der Waals surface area contributed by atoms with Crippen LogP contribution in [0.1, 0.15) is 5.56 Å². The van der Waals surface area contributed by atoms with Crippen molar-refractivity contribution in [1.82, 2.24) is 9.97 Å². The molecule has 0 unspecified atom stereocenters. The molecule has 8 heteroatoms. The number of H-pyrrole nitrogens is 1. The van der Waals surface area contributed by atoms with Crippen LogP contribution in [0.3, 0.4) is 0 Å². The Morgan fingerprint density at radius 3 is 2.81 bits per heavy atom. The maximum atomic E-state index is 12.5. The van der Waals surface area contributed by atoms with Gasteiger partial charge in [-0.15, -0.1) is 0 Å². The molecule has 0 saturated carbocycles. The first-order chi connectivity index (χ1) is 13.0. The van der Waals surface area contributed by atoms with Crippen LogP contribution >= 0.6 is 0 Å². The largest absolute Gasteiger partial charge is 0.506 e. The molecule has 1 aliphatic heterocycles. The van der Waals surface area contributed by atoms with Gasteiger partial charge in [0.15, 0.2) is 11.3 Å². The van der Waals surface area contributed by atoms with Gasteiger partial charge in [0.25, 0.3) is 0 Å². The number of pyridine rings is 1. The second kappa shape index (κ2) is 6.34. The van der Waals surface area contributed by atoms with Crippen molar-refractivity contribution < 1.29 is 24.5 Å². The molecule has 8 nitrogen and oxygen atoms in total. The highest BCUT2D eigenvalue weighted by Crippen LogP contribution is 2.31. The van der Waals surface area contributed by atoms with Gasteiger partial charge < -0.3 is 25.3 Å². The number of carboxylic acids is 1. The summed E-state index contributed by atoms with van der Waals surface area (Å²) < 4.78 is 5.48. The van der Waals surface area contributed by atoms with E-state index in [0.29, 0.717) is 11.2 Å². The lowest BCUT2D eigenvalue weighted by molar-refractivity contribution is -0.134. The lowest BCUT2D eigenvalue weighted by Gasteiger charge is -2.09. The van der Waals surface area contributed by atoms with Gasteiger partial charge in [-0.25, -0.2) is 9.78 Å². The summed E-state index contributed by atoms with van der Waals surface area (Å²) >= 11 is 0. The first-order valence-corrected chi connectivity index (χ1v) is 7.93. The Bertz CT molecular complexity index is 1140. The number of phenolic OH excluding ortho intramolecular Hbond substituents is 1. The maximum absolute atomic E-state index is 12.5. The van der Waals surface area contributed by atoms with Crippen LogP contribution in [-0.2, 0) is 14.3 Å². The predicted molar refractivity (Wildman–Crippen MR) is 96.6 cm³/mol. The summed E-state index contributed by atoms with van der Waals surface area (Å²) in [5.74, 6) is -2.69. The van der Waals surface area contributed by atoms with Crippen LogP contribution in [0.25, 0.3) is 17.1 Å². The number of para-hydroxylation sites is 2. The van der Waals surface area contributed by atoms with Crippen molar-refractivity contribution in [3.63, 3.8) is 0 Å². The number of nitrogens with one attached hydrogen (secondary N) is 2. The molecule has 0 spiro atoms. The number of fused-ring (bicyclic) bond motifs is 1. The fourth-order valence-electron chi connectivity index (χ4n) is 2.75. The smallest absolute Gasteiger partial charge is 0.345 e. The number of aromatic hydroxyl groups is 1. The predicted octanol–water partition coefficient (Wildman–Crippen LogP) is 2.62. The molecule has 1 aliphatic rings. The van der Waals surface area contributed by atoms with Gasteiger partial charge in [-0.3, -0.25) is 4.79 Å². The van der Waals surface area contributed by atoms with E-state index >= 15 is 0 Å². The number of ether oxygens (including phenoxy) is 1. The third-order valence-corrected chi connectivity index (χ3v) is 4.03. The number of benzene rings is 1. The number of anilines is 1. The van der Waals surface area contributed by atoms with Crippen molar-refractivity contribution in [1.29, 1.82) is 0 Å². The first kappa shape index (κ1) is 16.4. The third-order valence-electron chi connectivity index (χ3n) is 4.03. The van der Waals surface area contributed by atoms with Crippen LogP contribution in [0, 0.1) is 0 Å². The van der Waals surface area contributed by atoms with E-state index in [2.05, 4.69) is 15.3 Å². The fraction of sp³-hybridized carbons (Fsp3) is 0. The molecular weight excluding hydrogens is 350 g/mol. The Kier molecular flexibility index (Phi) is 3.85. The Balaban J connectivity index is 1.71. The molecule has 1 aromatic carbocycles. The average molecular weight is 363 g/mol. The second-order valence-corrected chi connectivity index (χ2v) is 5.73. The van der Waals surface area contributed by atoms with Crippen LogP contribution in [0.2, 0.25) is 0 Å². The molecule has 2 aromatic heterocycles. The summed E-state index contributed by atoms with van der Waals surface area (Å²) in [5.41, 5.74) is 0.947. The molecule has 0 bridgehead atoms. The highest BCUT2D eigenvalue weighted by Gasteiger charge is 2.36. The number of carbonyl (C=O) groups excluding carboxylic acids is 1. The second-order valence-electron chi connectivity index (χ2n) is 5.73. The number of nitrogens with zero attached hydrogens (tertiary/aromatic N) is 1. The number of ketones is 1. The van der Waals surface area contributed by atoms with Gasteiger partial charge in [0, 0.05) is 23.3 Å². The SMILES string of the molecule is O=C(O)C1=C(Nc2ccccc2O)OC(=Cc2c[nH]c3ncccc23)C1=O. The Hall–Kier alpha value is -4.07. The first-order valence-electron chi connectivity index (χ1n) is 7.93. The molecule has 0 atom stereocenters. The minimum Gasteiger partial charge on any atom is -0.506 e. The lowest BCUT2D eigenvalue weighted by atomic mass is 10.1. The highest BCUT2D eigenvalue weighted by molar-refractivity contribution is 6.26. The van der Waals surface area contributed by atoms with E-state index in [1.807, 2.05) is 6.07 Å². The number of hydrogen-bond acceptors (Lipinski definition) is 6. The van der Waals surface area contributed by atoms with E-state index < -0.39 is 17.3 Å². The highest BCUT2D eigenvalue weighted by atomic mass is 16.5. The molecule has 3 aromatic rings. The van der Waals surface area contributed by atoms with Gasteiger partial charge in [-0.05, 0) is 30.3 Å². The van der Waals surface area contributed by atoms with Crippen LogP contribution < -0.4 is 5.32 Å². The number of rotatable bonds is 4. The third kappa shape index (κ3) is 2.89. The zero-order chi connectivity index (χ0) is 19.0. The number of carbonyl (C=O) groups is 2. The summed E-state index contributed by atoms with van der Waals surface area (Å²) in [6.07, 6.45) is 4.73. The molecule has 4 rings (SSSR count). The van der Waals surface area contributed by atoms with E-state index in [4.69, 9.17) is 4.74 Å². The molecule has 27 heavy (non-hydrogen) atoms. The molecule has 0 radical (unpaired) electrons. The average Bonchev–Trinajstić information content (AvgIpc) is 3.19. The molecule has 134 valence electrons. The van der Waals surface area contributed by atoms with E-state index in [9.17, 15) is 19.8 Å². The van der Waals surface area contributed by atoms with E-state index in [1.165, 1.54) is 18.2 Å². The zero-order valence-electron chi connectivity index (χ0n) is 13.8.